The van der Waals surface area contributed by atoms with Gasteiger partial charge in [-0.25, -0.2) is 4.98 Å². The standard InChI is InChI=1S/C17H19N5O2/c1-11-5-3-7-15-19-14(10-22(11)15)17(23)21-8-4-6-13(9-21)16-18-12(2)24-20-16/h3,5,7,10,13H,4,6,8-9H2,1-2H3. The van der Waals surface area contributed by atoms with Gasteiger partial charge in [-0.1, -0.05) is 11.2 Å². The van der Waals surface area contributed by atoms with Crippen molar-refractivity contribution in [1.29, 1.82) is 0 Å². The van der Waals surface area contributed by atoms with E-state index in [1.807, 2.05) is 40.6 Å². The molecule has 0 aliphatic carbocycles. The molecule has 1 atom stereocenters. The molecule has 0 bridgehead atoms. The van der Waals surface area contributed by atoms with Gasteiger partial charge in [-0.2, -0.15) is 4.98 Å². The van der Waals surface area contributed by atoms with Crippen molar-refractivity contribution in [1.82, 2.24) is 24.4 Å². The molecule has 4 heterocycles. The van der Waals surface area contributed by atoms with E-state index in [1.165, 1.54) is 0 Å². The number of nitrogens with zero attached hydrogens (tertiary/aromatic N) is 5. The highest BCUT2D eigenvalue weighted by atomic mass is 16.5. The highest BCUT2D eigenvalue weighted by Crippen LogP contribution is 2.26. The van der Waals surface area contributed by atoms with Crippen LogP contribution in [0.25, 0.3) is 5.65 Å². The highest BCUT2D eigenvalue weighted by molar-refractivity contribution is 5.93. The van der Waals surface area contributed by atoms with Gasteiger partial charge in [-0.05, 0) is 31.9 Å². The minimum atomic E-state index is -0.0389. The molecule has 3 aromatic heterocycles. The number of carbonyl (C=O) groups is 1. The van der Waals surface area contributed by atoms with Gasteiger partial charge in [-0.15, -0.1) is 0 Å². The van der Waals surface area contributed by atoms with Gasteiger partial charge in [0.1, 0.15) is 11.3 Å². The fourth-order valence-corrected chi connectivity index (χ4v) is 3.27. The molecular weight excluding hydrogens is 306 g/mol. The molecule has 124 valence electrons. The number of aryl methyl sites for hydroxylation is 2. The molecule has 1 amide bonds. The van der Waals surface area contributed by atoms with Gasteiger partial charge in [0.15, 0.2) is 5.82 Å². The second kappa shape index (κ2) is 5.74. The third-order valence-electron chi connectivity index (χ3n) is 4.53. The molecule has 1 aliphatic rings. The van der Waals surface area contributed by atoms with Crippen molar-refractivity contribution in [2.24, 2.45) is 0 Å². The van der Waals surface area contributed by atoms with Crippen molar-refractivity contribution in [2.45, 2.75) is 32.6 Å². The van der Waals surface area contributed by atoms with Crippen molar-refractivity contribution in [3.8, 4) is 0 Å². The van der Waals surface area contributed by atoms with Crippen LogP contribution in [-0.2, 0) is 0 Å². The summed E-state index contributed by atoms with van der Waals surface area (Å²) in [5.41, 5.74) is 2.33. The van der Waals surface area contributed by atoms with Gasteiger partial charge in [0.2, 0.25) is 5.89 Å². The number of hydrogen-bond donors (Lipinski definition) is 0. The van der Waals surface area contributed by atoms with Gasteiger partial charge < -0.3 is 13.8 Å². The summed E-state index contributed by atoms with van der Waals surface area (Å²) in [6.07, 6.45) is 3.71. The van der Waals surface area contributed by atoms with Crippen LogP contribution in [0.5, 0.6) is 0 Å². The van der Waals surface area contributed by atoms with Crippen molar-refractivity contribution in [3.63, 3.8) is 0 Å². The van der Waals surface area contributed by atoms with Crippen molar-refractivity contribution < 1.29 is 9.32 Å². The number of imidazole rings is 1. The van der Waals surface area contributed by atoms with Gasteiger partial charge in [0.05, 0.1) is 0 Å². The van der Waals surface area contributed by atoms with Gasteiger partial charge in [0, 0.05) is 37.8 Å². The summed E-state index contributed by atoms with van der Waals surface area (Å²) in [5.74, 6) is 1.34. The highest BCUT2D eigenvalue weighted by Gasteiger charge is 2.29. The number of pyridine rings is 1. The lowest BCUT2D eigenvalue weighted by Crippen LogP contribution is -2.39. The maximum absolute atomic E-state index is 12.8. The number of fused-ring (bicyclic) bond motifs is 1. The molecule has 1 aliphatic heterocycles. The van der Waals surface area contributed by atoms with Gasteiger partial charge in [0.25, 0.3) is 5.91 Å². The van der Waals surface area contributed by atoms with Crippen LogP contribution in [0.3, 0.4) is 0 Å². The average Bonchev–Trinajstić information content (AvgIpc) is 3.21. The minimum Gasteiger partial charge on any atom is -0.340 e. The number of likely N-dealkylation sites (tertiary alicyclic amines) is 1. The summed E-state index contributed by atoms with van der Waals surface area (Å²) in [6.45, 7) is 5.11. The summed E-state index contributed by atoms with van der Waals surface area (Å²) in [7, 11) is 0. The van der Waals surface area contributed by atoms with E-state index in [9.17, 15) is 4.79 Å². The average molecular weight is 325 g/mol. The molecule has 0 radical (unpaired) electrons. The smallest absolute Gasteiger partial charge is 0.274 e. The SMILES string of the molecule is Cc1nc(C2CCCN(C(=O)c3cn4c(C)cccc4n3)C2)no1. The Bertz CT molecular complexity index is 897. The first-order chi connectivity index (χ1) is 11.6. The molecule has 0 saturated carbocycles. The molecule has 0 spiro atoms. The Labute approximate surface area is 139 Å². The van der Waals surface area contributed by atoms with Crippen molar-refractivity contribution >= 4 is 11.6 Å². The second-order valence-corrected chi connectivity index (χ2v) is 6.28. The Kier molecular flexibility index (Phi) is 3.55. The largest absolute Gasteiger partial charge is 0.340 e. The molecule has 1 fully saturated rings. The summed E-state index contributed by atoms with van der Waals surface area (Å²) in [5, 5.41) is 4.01. The van der Waals surface area contributed by atoms with E-state index in [0.29, 0.717) is 24.0 Å². The lowest BCUT2D eigenvalue weighted by molar-refractivity contribution is 0.0698. The normalized spacial score (nSPS) is 18.2. The molecule has 0 N–H and O–H groups in total. The lowest BCUT2D eigenvalue weighted by Gasteiger charge is -2.30. The number of hydrogen-bond acceptors (Lipinski definition) is 5. The van der Waals surface area contributed by atoms with Crippen LogP contribution in [-0.4, -0.2) is 43.4 Å². The maximum Gasteiger partial charge on any atom is 0.274 e. The van der Waals surface area contributed by atoms with E-state index in [1.54, 1.807) is 6.92 Å². The van der Waals surface area contributed by atoms with E-state index in [4.69, 9.17) is 4.52 Å². The quantitative estimate of drug-likeness (QED) is 0.723. The van der Waals surface area contributed by atoms with Crippen LogP contribution in [0.2, 0.25) is 0 Å². The molecular formula is C17H19N5O2. The predicted molar refractivity (Wildman–Crippen MR) is 86.8 cm³/mol. The second-order valence-electron chi connectivity index (χ2n) is 6.28. The number of rotatable bonds is 2. The van der Waals surface area contributed by atoms with Crippen molar-refractivity contribution in [2.75, 3.05) is 13.1 Å². The minimum absolute atomic E-state index is 0.0389. The topological polar surface area (TPSA) is 76.5 Å². The van der Waals surface area contributed by atoms with Crippen LogP contribution in [0.1, 0.15) is 46.7 Å². The zero-order valence-electron chi connectivity index (χ0n) is 13.8. The third kappa shape index (κ3) is 2.55. The Morgan fingerprint density at radius 1 is 1.29 bits per heavy atom. The molecule has 1 unspecified atom stereocenters. The molecule has 7 nitrogen and oxygen atoms in total. The van der Waals surface area contributed by atoms with Crippen LogP contribution in [0.15, 0.2) is 28.9 Å². The van der Waals surface area contributed by atoms with E-state index >= 15 is 0 Å². The van der Waals surface area contributed by atoms with Crippen LogP contribution >= 0.6 is 0 Å². The monoisotopic (exact) mass is 325 g/mol. The summed E-state index contributed by atoms with van der Waals surface area (Å²) < 4.78 is 7.01. The van der Waals surface area contributed by atoms with Gasteiger partial charge in [-0.3, -0.25) is 4.79 Å². The van der Waals surface area contributed by atoms with Crippen molar-refractivity contribution in [3.05, 3.63) is 47.5 Å². The Balaban J connectivity index is 1.57. The summed E-state index contributed by atoms with van der Waals surface area (Å²) in [6, 6.07) is 5.85. The first-order valence-corrected chi connectivity index (χ1v) is 8.16. The van der Waals surface area contributed by atoms with Crippen LogP contribution in [0, 0.1) is 13.8 Å². The predicted octanol–water partition coefficient (Wildman–Crippen LogP) is 2.35. The fraction of sp³-hybridized carbons (Fsp3) is 0.412. The molecule has 4 rings (SSSR count). The molecule has 0 aromatic carbocycles. The molecule has 3 aromatic rings. The Morgan fingerprint density at radius 3 is 2.92 bits per heavy atom. The number of aromatic nitrogens is 4. The maximum atomic E-state index is 12.8. The summed E-state index contributed by atoms with van der Waals surface area (Å²) >= 11 is 0. The third-order valence-corrected chi connectivity index (χ3v) is 4.53. The first-order valence-electron chi connectivity index (χ1n) is 8.16. The summed E-state index contributed by atoms with van der Waals surface area (Å²) in [4.78, 5) is 23.5. The Hall–Kier alpha value is -2.70. The number of piperidine rings is 1. The molecule has 1 saturated heterocycles. The molecule has 24 heavy (non-hydrogen) atoms. The zero-order valence-corrected chi connectivity index (χ0v) is 13.8. The fourth-order valence-electron chi connectivity index (χ4n) is 3.27. The van der Waals surface area contributed by atoms with E-state index in [-0.39, 0.29) is 11.8 Å². The van der Waals surface area contributed by atoms with Gasteiger partial charge >= 0.3 is 0 Å². The van der Waals surface area contributed by atoms with Crippen LogP contribution < -0.4 is 0 Å². The lowest BCUT2D eigenvalue weighted by atomic mass is 9.97. The Morgan fingerprint density at radius 2 is 2.17 bits per heavy atom. The first kappa shape index (κ1) is 14.9. The van der Waals surface area contributed by atoms with E-state index < -0.39 is 0 Å². The number of amides is 1. The zero-order chi connectivity index (χ0) is 16.7. The van der Waals surface area contributed by atoms with E-state index in [2.05, 4.69) is 15.1 Å². The number of carbonyl (C=O) groups excluding carboxylic acids is 1. The van der Waals surface area contributed by atoms with Crippen LogP contribution in [0.4, 0.5) is 0 Å². The van der Waals surface area contributed by atoms with E-state index in [0.717, 1.165) is 30.7 Å². The molecule has 7 heteroatoms.